The molecule has 1 unspecified atom stereocenters. The van der Waals surface area contributed by atoms with Crippen LogP contribution in [0.5, 0.6) is 0 Å². The van der Waals surface area contributed by atoms with Gasteiger partial charge >= 0.3 is 0 Å². The fraction of sp³-hybridized carbons (Fsp3) is 0.562. The molecule has 0 aliphatic carbocycles. The first kappa shape index (κ1) is 19.4. The van der Waals surface area contributed by atoms with Crippen LogP contribution in [0, 0.1) is 5.92 Å². The minimum Gasteiger partial charge on any atom is -0.369 e. The summed E-state index contributed by atoms with van der Waals surface area (Å²) in [5, 5.41) is 7.65. The molecule has 1 fully saturated rings. The van der Waals surface area contributed by atoms with E-state index in [2.05, 4.69) is 40.4 Å². The summed E-state index contributed by atoms with van der Waals surface area (Å²) in [6.07, 6.45) is 1.11. The summed E-state index contributed by atoms with van der Waals surface area (Å²) >= 11 is 6.07. The van der Waals surface area contributed by atoms with E-state index >= 15 is 0 Å². The minimum absolute atomic E-state index is 0. The maximum Gasteiger partial charge on any atom is 0.191 e. The molecule has 0 spiro atoms. The van der Waals surface area contributed by atoms with Crippen LogP contribution in [0.3, 0.4) is 0 Å². The van der Waals surface area contributed by atoms with Crippen LogP contribution < -0.4 is 15.5 Å². The van der Waals surface area contributed by atoms with Gasteiger partial charge < -0.3 is 15.5 Å². The van der Waals surface area contributed by atoms with Crippen molar-refractivity contribution in [2.45, 2.75) is 26.3 Å². The lowest BCUT2D eigenvalue weighted by Crippen LogP contribution is -2.45. The van der Waals surface area contributed by atoms with Crippen molar-refractivity contribution >= 4 is 47.2 Å². The molecule has 1 saturated heterocycles. The molecule has 2 N–H and O–H groups in total. The van der Waals surface area contributed by atoms with Gasteiger partial charge in [-0.3, -0.25) is 4.99 Å². The summed E-state index contributed by atoms with van der Waals surface area (Å²) in [5.41, 5.74) is 1.19. The van der Waals surface area contributed by atoms with E-state index in [9.17, 15) is 0 Å². The molecule has 0 radical (unpaired) electrons. The number of rotatable bonds is 4. The molecule has 4 nitrogen and oxygen atoms in total. The van der Waals surface area contributed by atoms with Gasteiger partial charge in [-0.1, -0.05) is 31.5 Å². The molecule has 0 saturated carbocycles. The highest BCUT2D eigenvalue weighted by molar-refractivity contribution is 14.0. The maximum atomic E-state index is 6.07. The third-order valence-corrected chi connectivity index (χ3v) is 3.84. The molecule has 2 rings (SSSR count). The normalized spacial score (nSPS) is 18.3. The van der Waals surface area contributed by atoms with Gasteiger partial charge in [0, 0.05) is 43.4 Å². The summed E-state index contributed by atoms with van der Waals surface area (Å²) in [4.78, 5) is 6.65. The van der Waals surface area contributed by atoms with Crippen molar-refractivity contribution in [1.82, 2.24) is 10.6 Å². The van der Waals surface area contributed by atoms with E-state index in [1.54, 1.807) is 0 Å². The van der Waals surface area contributed by atoms with E-state index in [1.807, 2.05) is 25.2 Å². The Labute approximate surface area is 155 Å². The summed E-state index contributed by atoms with van der Waals surface area (Å²) in [7, 11) is 1.82. The van der Waals surface area contributed by atoms with E-state index in [4.69, 9.17) is 11.6 Å². The zero-order chi connectivity index (χ0) is 15.2. The van der Waals surface area contributed by atoms with Crippen LogP contribution in [0.25, 0.3) is 0 Å². The molecular weight excluding hydrogens is 411 g/mol. The van der Waals surface area contributed by atoms with Gasteiger partial charge in [0.1, 0.15) is 0 Å². The Balaban J connectivity index is 0.00000242. The second kappa shape index (κ2) is 9.45. The predicted octanol–water partition coefficient (Wildman–Crippen LogP) is 3.36. The lowest BCUT2D eigenvalue weighted by molar-refractivity contribution is 0.595. The average molecular weight is 437 g/mol. The molecule has 1 atom stereocenters. The van der Waals surface area contributed by atoms with Crippen LogP contribution in [-0.4, -0.2) is 38.7 Å². The fourth-order valence-electron chi connectivity index (χ4n) is 2.47. The van der Waals surface area contributed by atoms with Crippen molar-refractivity contribution in [3.63, 3.8) is 0 Å². The molecular formula is C16H26ClIN4. The molecule has 1 aliphatic heterocycles. The molecule has 1 heterocycles. The lowest BCUT2D eigenvalue weighted by Gasteiger charge is -2.21. The number of nitrogens with zero attached hydrogens (tertiary/aromatic N) is 2. The van der Waals surface area contributed by atoms with E-state index < -0.39 is 0 Å². The molecule has 0 bridgehead atoms. The molecule has 22 heavy (non-hydrogen) atoms. The molecule has 1 aromatic carbocycles. The molecule has 1 aliphatic rings. The second-order valence-corrected chi connectivity index (χ2v) is 6.34. The number of nitrogens with one attached hydrogen (secondary N) is 2. The Bertz CT molecular complexity index is 493. The van der Waals surface area contributed by atoms with Crippen LogP contribution in [0.4, 0.5) is 5.69 Å². The molecule has 1 aromatic rings. The van der Waals surface area contributed by atoms with E-state index in [0.29, 0.717) is 12.0 Å². The monoisotopic (exact) mass is 436 g/mol. The van der Waals surface area contributed by atoms with Crippen molar-refractivity contribution in [3.05, 3.63) is 29.3 Å². The standard InChI is InChI=1S/C16H25ClN4.HI/c1-12(2)10-19-16(18-3)20-14-7-8-21(11-14)15-6-4-5-13(17)9-15;/h4-6,9,12,14H,7-8,10-11H2,1-3H3,(H2,18,19,20);1H. The van der Waals surface area contributed by atoms with Gasteiger partial charge in [0.25, 0.3) is 0 Å². The van der Waals surface area contributed by atoms with Crippen LogP contribution in [-0.2, 0) is 0 Å². The smallest absolute Gasteiger partial charge is 0.191 e. The highest BCUT2D eigenvalue weighted by Crippen LogP contribution is 2.23. The number of anilines is 1. The van der Waals surface area contributed by atoms with Crippen LogP contribution in [0.15, 0.2) is 29.3 Å². The number of halogens is 2. The predicted molar refractivity (Wildman–Crippen MR) is 107 cm³/mol. The van der Waals surface area contributed by atoms with E-state index in [0.717, 1.165) is 37.0 Å². The van der Waals surface area contributed by atoms with Crippen LogP contribution in [0.2, 0.25) is 5.02 Å². The lowest BCUT2D eigenvalue weighted by atomic mass is 10.2. The van der Waals surface area contributed by atoms with Crippen LogP contribution >= 0.6 is 35.6 Å². The van der Waals surface area contributed by atoms with E-state index in [1.165, 1.54) is 5.69 Å². The van der Waals surface area contributed by atoms with Gasteiger partial charge in [-0.25, -0.2) is 0 Å². The number of guanidine groups is 1. The Morgan fingerprint density at radius 2 is 2.23 bits per heavy atom. The van der Waals surface area contributed by atoms with Gasteiger partial charge in [-0.05, 0) is 30.5 Å². The van der Waals surface area contributed by atoms with Crippen molar-refractivity contribution in [3.8, 4) is 0 Å². The summed E-state index contributed by atoms with van der Waals surface area (Å²) in [5.74, 6) is 1.50. The maximum absolute atomic E-state index is 6.07. The summed E-state index contributed by atoms with van der Waals surface area (Å²) in [6.45, 7) is 7.33. The highest BCUT2D eigenvalue weighted by Gasteiger charge is 2.23. The van der Waals surface area contributed by atoms with Crippen molar-refractivity contribution in [1.29, 1.82) is 0 Å². The van der Waals surface area contributed by atoms with Crippen molar-refractivity contribution < 1.29 is 0 Å². The van der Waals surface area contributed by atoms with Gasteiger partial charge in [-0.2, -0.15) is 0 Å². The quantitative estimate of drug-likeness (QED) is 0.432. The first-order valence-electron chi connectivity index (χ1n) is 7.56. The summed E-state index contributed by atoms with van der Waals surface area (Å²) < 4.78 is 0. The Kier molecular flexibility index (Phi) is 8.31. The fourth-order valence-corrected chi connectivity index (χ4v) is 2.66. The first-order valence-corrected chi connectivity index (χ1v) is 7.94. The Morgan fingerprint density at radius 3 is 2.86 bits per heavy atom. The zero-order valence-electron chi connectivity index (χ0n) is 13.5. The minimum atomic E-state index is 0. The third kappa shape index (κ3) is 5.83. The van der Waals surface area contributed by atoms with Crippen LogP contribution in [0.1, 0.15) is 20.3 Å². The van der Waals surface area contributed by atoms with Gasteiger partial charge in [-0.15, -0.1) is 24.0 Å². The van der Waals surface area contributed by atoms with Crippen molar-refractivity contribution in [2.24, 2.45) is 10.9 Å². The zero-order valence-corrected chi connectivity index (χ0v) is 16.6. The number of hydrogen-bond donors (Lipinski definition) is 2. The van der Waals surface area contributed by atoms with Gasteiger partial charge in [0.2, 0.25) is 0 Å². The van der Waals surface area contributed by atoms with Crippen molar-refractivity contribution in [2.75, 3.05) is 31.6 Å². The topological polar surface area (TPSA) is 39.7 Å². The second-order valence-electron chi connectivity index (χ2n) is 5.90. The molecule has 0 aromatic heterocycles. The van der Waals surface area contributed by atoms with Gasteiger partial charge in [0.15, 0.2) is 5.96 Å². The molecule has 0 amide bonds. The SMILES string of the molecule is CN=C(NCC(C)C)NC1CCN(c2cccc(Cl)c2)C1.I. The van der Waals surface area contributed by atoms with E-state index in [-0.39, 0.29) is 24.0 Å². The highest BCUT2D eigenvalue weighted by atomic mass is 127. The van der Waals surface area contributed by atoms with Gasteiger partial charge in [0.05, 0.1) is 0 Å². The largest absolute Gasteiger partial charge is 0.369 e. The summed E-state index contributed by atoms with van der Waals surface area (Å²) in [6, 6.07) is 8.47. The third-order valence-electron chi connectivity index (χ3n) is 3.60. The Morgan fingerprint density at radius 1 is 1.45 bits per heavy atom. The number of hydrogen-bond acceptors (Lipinski definition) is 2. The Hall–Kier alpha value is -0.690. The molecule has 124 valence electrons. The molecule has 6 heteroatoms. The first-order chi connectivity index (χ1) is 10.1. The number of benzene rings is 1. The average Bonchev–Trinajstić information content (AvgIpc) is 2.92. The number of aliphatic imine (C=N–C) groups is 1.